The van der Waals surface area contributed by atoms with Crippen LogP contribution in [-0.4, -0.2) is 6.04 Å². The van der Waals surface area contributed by atoms with E-state index in [2.05, 4.69) is 49.6 Å². The van der Waals surface area contributed by atoms with E-state index >= 15 is 0 Å². The molecule has 0 heterocycles. The molecule has 2 heteroatoms. The Kier molecular flexibility index (Phi) is 6.12. The molecule has 2 unspecified atom stereocenters. The monoisotopic (exact) mass is 220 g/mol. The number of hydrazine groups is 1. The van der Waals surface area contributed by atoms with E-state index in [-0.39, 0.29) is 0 Å². The van der Waals surface area contributed by atoms with E-state index in [1.807, 2.05) is 0 Å². The molecule has 0 amide bonds. The van der Waals surface area contributed by atoms with Crippen molar-refractivity contribution in [2.75, 3.05) is 0 Å². The quantitative estimate of drug-likeness (QED) is 0.548. The summed E-state index contributed by atoms with van der Waals surface area (Å²) in [6, 6.07) is 11.1. The second kappa shape index (κ2) is 7.42. The predicted molar refractivity (Wildman–Crippen MR) is 69.9 cm³/mol. The van der Waals surface area contributed by atoms with E-state index in [1.54, 1.807) is 0 Å². The van der Waals surface area contributed by atoms with Gasteiger partial charge in [0.15, 0.2) is 0 Å². The van der Waals surface area contributed by atoms with Crippen molar-refractivity contribution in [3.05, 3.63) is 35.9 Å². The standard InChI is InChI=1S/C14H24N2/c1-3-12(2)14(16-15)11-7-10-13-8-5-4-6-9-13/h4-6,8-9,12,14,16H,3,7,10-11,15H2,1-2H3. The van der Waals surface area contributed by atoms with Gasteiger partial charge in [0.25, 0.3) is 0 Å². The molecule has 1 aromatic rings. The first-order valence-electron chi connectivity index (χ1n) is 6.28. The van der Waals surface area contributed by atoms with E-state index in [1.165, 1.54) is 18.4 Å². The van der Waals surface area contributed by atoms with Crippen molar-refractivity contribution in [1.29, 1.82) is 0 Å². The third kappa shape index (κ3) is 4.33. The van der Waals surface area contributed by atoms with E-state index in [0.29, 0.717) is 12.0 Å². The van der Waals surface area contributed by atoms with Gasteiger partial charge < -0.3 is 0 Å². The van der Waals surface area contributed by atoms with Gasteiger partial charge >= 0.3 is 0 Å². The second-order valence-electron chi connectivity index (χ2n) is 4.54. The fourth-order valence-electron chi connectivity index (χ4n) is 1.99. The molecule has 0 saturated heterocycles. The molecule has 16 heavy (non-hydrogen) atoms. The van der Waals surface area contributed by atoms with Crippen LogP contribution in [0.25, 0.3) is 0 Å². The summed E-state index contributed by atoms with van der Waals surface area (Å²) in [6.45, 7) is 4.47. The van der Waals surface area contributed by atoms with E-state index in [0.717, 1.165) is 12.8 Å². The Balaban J connectivity index is 2.28. The Morgan fingerprint density at radius 3 is 2.50 bits per heavy atom. The Morgan fingerprint density at radius 1 is 1.25 bits per heavy atom. The molecule has 0 aromatic heterocycles. The molecular weight excluding hydrogens is 196 g/mol. The molecule has 1 aromatic carbocycles. The van der Waals surface area contributed by atoms with Crippen molar-refractivity contribution in [2.45, 2.75) is 45.6 Å². The van der Waals surface area contributed by atoms with Gasteiger partial charge in [-0.2, -0.15) is 0 Å². The molecule has 0 aliphatic heterocycles. The number of nitrogens with two attached hydrogens (primary N) is 1. The Labute approximate surface area is 99.2 Å². The maximum atomic E-state index is 5.58. The average Bonchev–Trinajstić information content (AvgIpc) is 2.35. The highest BCUT2D eigenvalue weighted by atomic mass is 15.2. The number of nitrogens with one attached hydrogen (secondary N) is 1. The van der Waals surface area contributed by atoms with Crippen molar-refractivity contribution in [3.63, 3.8) is 0 Å². The molecule has 0 aliphatic rings. The van der Waals surface area contributed by atoms with Gasteiger partial charge in [0.1, 0.15) is 0 Å². The van der Waals surface area contributed by atoms with Crippen LogP contribution >= 0.6 is 0 Å². The summed E-state index contributed by atoms with van der Waals surface area (Å²) < 4.78 is 0. The first-order chi connectivity index (χ1) is 7.77. The third-order valence-electron chi connectivity index (χ3n) is 3.37. The highest BCUT2D eigenvalue weighted by Gasteiger charge is 2.13. The van der Waals surface area contributed by atoms with Crippen LogP contribution in [-0.2, 0) is 6.42 Å². The van der Waals surface area contributed by atoms with Gasteiger partial charge in [-0.1, -0.05) is 50.6 Å². The lowest BCUT2D eigenvalue weighted by atomic mass is 9.94. The van der Waals surface area contributed by atoms with Crippen LogP contribution in [0.4, 0.5) is 0 Å². The summed E-state index contributed by atoms with van der Waals surface area (Å²) >= 11 is 0. The maximum absolute atomic E-state index is 5.58. The van der Waals surface area contributed by atoms with Gasteiger partial charge in [-0.25, -0.2) is 0 Å². The molecule has 0 radical (unpaired) electrons. The summed E-state index contributed by atoms with van der Waals surface area (Å²) in [5.74, 6) is 6.23. The smallest absolute Gasteiger partial charge is 0.0236 e. The average molecular weight is 220 g/mol. The van der Waals surface area contributed by atoms with Crippen molar-refractivity contribution >= 4 is 0 Å². The molecule has 0 saturated carbocycles. The van der Waals surface area contributed by atoms with E-state index in [4.69, 9.17) is 5.84 Å². The van der Waals surface area contributed by atoms with Crippen LogP contribution in [0, 0.1) is 5.92 Å². The normalized spacial score (nSPS) is 14.7. The van der Waals surface area contributed by atoms with Crippen molar-refractivity contribution in [1.82, 2.24) is 5.43 Å². The van der Waals surface area contributed by atoms with Gasteiger partial charge in [-0.15, -0.1) is 0 Å². The lowest BCUT2D eigenvalue weighted by Crippen LogP contribution is -2.39. The van der Waals surface area contributed by atoms with E-state index in [9.17, 15) is 0 Å². The summed E-state index contributed by atoms with van der Waals surface area (Å²) in [4.78, 5) is 0. The highest BCUT2D eigenvalue weighted by molar-refractivity contribution is 5.14. The predicted octanol–water partition coefficient (Wildman–Crippen LogP) is 2.89. The Bertz CT molecular complexity index is 271. The maximum Gasteiger partial charge on any atom is 0.0236 e. The summed E-state index contributed by atoms with van der Waals surface area (Å²) in [5, 5.41) is 0. The molecule has 90 valence electrons. The first kappa shape index (κ1) is 13.2. The minimum absolute atomic E-state index is 0.453. The lowest BCUT2D eigenvalue weighted by molar-refractivity contribution is 0.346. The SMILES string of the molecule is CCC(C)C(CCCc1ccccc1)NN. The van der Waals surface area contributed by atoms with Crippen molar-refractivity contribution < 1.29 is 0 Å². The Morgan fingerprint density at radius 2 is 1.94 bits per heavy atom. The van der Waals surface area contributed by atoms with Crippen LogP contribution in [0.5, 0.6) is 0 Å². The number of hydrogen-bond acceptors (Lipinski definition) is 2. The Hall–Kier alpha value is -0.860. The van der Waals surface area contributed by atoms with E-state index < -0.39 is 0 Å². The lowest BCUT2D eigenvalue weighted by Gasteiger charge is -2.21. The van der Waals surface area contributed by atoms with Gasteiger partial charge in [0, 0.05) is 6.04 Å². The molecule has 0 spiro atoms. The van der Waals surface area contributed by atoms with Crippen molar-refractivity contribution in [3.8, 4) is 0 Å². The minimum atomic E-state index is 0.453. The van der Waals surface area contributed by atoms with Gasteiger partial charge in [0.05, 0.1) is 0 Å². The summed E-state index contributed by atoms with van der Waals surface area (Å²) in [6.07, 6.45) is 4.68. The molecule has 2 nitrogen and oxygen atoms in total. The zero-order valence-electron chi connectivity index (χ0n) is 10.4. The summed E-state index contributed by atoms with van der Waals surface area (Å²) in [5.41, 5.74) is 4.36. The van der Waals surface area contributed by atoms with Crippen LogP contribution in [0.3, 0.4) is 0 Å². The molecule has 0 aliphatic carbocycles. The number of hydrogen-bond donors (Lipinski definition) is 2. The van der Waals surface area contributed by atoms with Crippen LogP contribution in [0.2, 0.25) is 0 Å². The zero-order valence-corrected chi connectivity index (χ0v) is 10.4. The number of benzene rings is 1. The molecular formula is C14H24N2. The molecule has 0 fully saturated rings. The topological polar surface area (TPSA) is 38.0 Å². The fraction of sp³-hybridized carbons (Fsp3) is 0.571. The minimum Gasteiger partial charge on any atom is -0.271 e. The zero-order chi connectivity index (χ0) is 11.8. The van der Waals surface area contributed by atoms with Gasteiger partial charge in [-0.3, -0.25) is 11.3 Å². The molecule has 3 N–H and O–H groups in total. The molecule has 1 rings (SSSR count). The highest BCUT2D eigenvalue weighted by Crippen LogP contribution is 2.14. The third-order valence-corrected chi connectivity index (χ3v) is 3.37. The van der Waals surface area contributed by atoms with Crippen molar-refractivity contribution in [2.24, 2.45) is 11.8 Å². The summed E-state index contributed by atoms with van der Waals surface area (Å²) in [7, 11) is 0. The first-order valence-corrected chi connectivity index (χ1v) is 6.28. The number of aryl methyl sites for hydroxylation is 1. The molecule has 0 bridgehead atoms. The van der Waals surface area contributed by atoms with Gasteiger partial charge in [0.2, 0.25) is 0 Å². The van der Waals surface area contributed by atoms with Crippen LogP contribution < -0.4 is 11.3 Å². The largest absolute Gasteiger partial charge is 0.271 e. The second-order valence-corrected chi connectivity index (χ2v) is 4.54. The van der Waals surface area contributed by atoms with Crippen LogP contribution in [0.1, 0.15) is 38.7 Å². The number of rotatable bonds is 7. The fourth-order valence-corrected chi connectivity index (χ4v) is 1.99. The van der Waals surface area contributed by atoms with Gasteiger partial charge in [-0.05, 0) is 30.7 Å². The van der Waals surface area contributed by atoms with Crippen LogP contribution in [0.15, 0.2) is 30.3 Å². The molecule has 2 atom stereocenters.